The van der Waals surface area contributed by atoms with Crippen LogP contribution < -0.4 is 0 Å². The monoisotopic (exact) mass is 280 g/mol. The van der Waals surface area contributed by atoms with Gasteiger partial charge < -0.3 is 0 Å². The third kappa shape index (κ3) is 2.28. The molecule has 0 saturated carbocycles. The normalized spacial score (nSPS) is 11.7. The van der Waals surface area contributed by atoms with Gasteiger partial charge in [-0.25, -0.2) is 13.2 Å². The number of hydrogen-bond donors (Lipinski definition) is 1. The molecule has 1 aromatic rings. The highest BCUT2D eigenvalue weighted by atomic mass is 32.2. The largest absolute Gasteiger partial charge is 0.300 e. The number of allylic oxidation sites excluding steroid dienone is 1. The van der Waals surface area contributed by atoms with Crippen LogP contribution in [0.25, 0.3) is 5.57 Å². The van der Waals surface area contributed by atoms with Crippen molar-refractivity contribution in [1.29, 1.82) is 0 Å². The van der Waals surface area contributed by atoms with Crippen molar-refractivity contribution in [2.24, 2.45) is 0 Å². The molecule has 0 aliphatic heterocycles. The minimum atomic E-state index is -5.20. The van der Waals surface area contributed by atoms with Gasteiger partial charge >= 0.3 is 10.1 Å². The minimum absolute atomic E-state index is 0.0353. The minimum Gasteiger partial charge on any atom is -0.282 e. The third-order valence-corrected chi connectivity index (χ3v) is 3.29. The van der Waals surface area contributed by atoms with Gasteiger partial charge in [-0.15, -0.1) is 0 Å². The van der Waals surface area contributed by atoms with Gasteiger partial charge in [0.25, 0.3) is 0 Å². The summed E-state index contributed by atoms with van der Waals surface area (Å²) in [6, 6.07) is 0. The molecule has 0 aromatic heterocycles. The molecule has 0 amide bonds. The first kappa shape index (κ1) is 14.7. The zero-order chi connectivity index (χ0) is 14.2. The van der Waals surface area contributed by atoms with Crippen LogP contribution >= 0.6 is 0 Å². The molecule has 0 saturated heterocycles. The summed E-state index contributed by atoms with van der Waals surface area (Å²) in [5.74, 6) is -4.94. The van der Waals surface area contributed by atoms with E-state index in [0.29, 0.717) is 0 Å². The first-order valence-corrected chi connectivity index (χ1v) is 6.39. The molecule has 0 atom stereocenters. The number of hydrogen-bond acceptors (Lipinski definition) is 2. The molecule has 7 heteroatoms. The van der Waals surface area contributed by atoms with Gasteiger partial charge in [-0.3, -0.25) is 4.55 Å². The maximum Gasteiger partial charge on any atom is 0.300 e. The summed E-state index contributed by atoms with van der Waals surface area (Å²) < 4.78 is 71.5. The lowest BCUT2D eigenvalue weighted by atomic mass is 9.98. The van der Waals surface area contributed by atoms with E-state index in [-0.39, 0.29) is 17.6 Å². The van der Waals surface area contributed by atoms with Gasteiger partial charge in [-0.1, -0.05) is 13.5 Å². The molecule has 0 fully saturated rings. The molecule has 1 rings (SSSR count). The first-order valence-electron chi connectivity index (χ1n) is 4.95. The van der Waals surface area contributed by atoms with Crippen LogP contribution in [-0.2, 0) is 16.5 Å². The quantitative estimate of drug-likeness (QED) is 0.684. The summed E-state index contributed by atoms with van der Waals surface area (Å²) in [7, 11) is -5.20. The Kier molecular flexibility index (Phi) is 3.87. The van der Waals surface area contributed by atoms with E-state index in [4.69, 9.17) is 4.55 Å². The fourth-order valence-electron chi connectivity index (χ4n) is 1.69. The molecule has 0 unspecified atom stereocenters. The maximum absolute atomic E-state index is 13.9. The van der Waals surface area contributed by atoms with Gasteiger partial charge in [0.1, 0.15) is 0 Å². The maximum atomic E-state index is 13.9. The highest BCUT2D eigenvalue weighted by molar-refractivity contribution is 7.85. The smallest absolute Gasteiger partial charge is 0.282 e. The Morgan fingerprint density at radius 3 is 2.06 bits per heavy atom. The van der Waals surface area contributed by atoms with Gasteiger partial charge in [0.2, 0.25) is 0 Å². The van der Waals surface area contributed by atoms with Crippen molar-refractivity contribution < 1.29 is 26.1 Å². The van der Waals surface area contributed by atoms with Gasteiger partial charge in [0.05, 0.1) is 0 Å². The topological polar surface area (TPSA) is 54.4 Å². The van der Waals surface area contributed by atoms with E-state index in [9.17, 15) is 21.6 Å². The molecule has 100 valence electrons. The molecule has 18 heavy (non-hydrogen) atoms. The average Bonchev–Trinajstić information content (AvgIpc) is 2.20. The molecule has 0 spiro atoms. The van der Waals surface area contributed by atoms with Crippen molar-refractivity contribution in [3.8, 4) is 0 Å². The molecule has 0 bridgehead atoms. The first-order chi connectivity index (χ1) is 8.12. The lowest BCUT2D eigenvalue weighted by Crippen LogP contribution is -2.13. The molecule has 3 nitrogen and oxygen atoms in total. The summed E-state index contributed by atoms with van der Waals surface area (Å²) in [5.41, 5.74) is -0.706. The van der Waals surface area contributed by atoms with Crippen LogP contribution in [0, 0.1) is 17.5 Å². The Hall–Kier alpha value is -1.34. The van der Waals surface area contributed by atoms with E-state index in [2.05, 4.69) is 6.58 Å². The van der Waals surface area contributed by atoms with Crippen LogP contribution in [0.5, 0.6) is 0 Å². The molecular weight excluding hydrogens is 269 g/mol. The summed E-state index contributed by atoms with van der Waals surface area (Å²) in [6.45, 7) is 6.16. The van der Waals surface area contributed by atoms with Crippen LogP contribution in [-0.4, -0.2) is 13.0 Å². The lowest BCUT2D eigenvalue weighted by molar-refractivity contribution is 0.426. The van der Waals surface area contributed by atoms with E-state index in [1.165, 1.54) is 13.8 Å². The molecule has 0 aliphatic carbocycles. The molecule has 1 aromatic carbocycles. The van der Waals surface area contributed by atoms with Crippen LogP contribution in [0.2, 0.25) is 0 Å². The Labute approximate surface area is 103 Å². The van der Waals surface area contributed by atoms with E-state index in [0.717, 1.165) is 0 Å². The fraction of sp³-hybridized carbons (Fsp3) is 0.273. The van der Waals surface area contributed by atoms with Crippen LogP contribution in [0.4, 0.5) is 13.2 Å². The summed E-state index contributed by atoms with van der Waals surface area (Å²) in [4.78, 5) is -1.68. The summed E-state index contributed by atoms with van der Waals surface area (Å²) in [6.07, 6.45) is -0.0480. The second-order valence-corrected chi connectivity index (χ2v) is 5.09. The molecule has 0 radical (unpaired) electrons. The van der Waals surface area contributed by atoms with Crippen molar-refractivity contribution in [3.05, 3.63) is 35.2 Å². The van der Waals surface area contributed by atoms with Crippen molar-refractivity contribution >= 4 is 15.7 Å². The van der Waals surface area contributed by atoms with Crippen molar-refractivity contribution in [1.82, 2.24) is 0 Å². The lowest BCUT2D eigenvalue weighted by Gasteiger charge is -2.14. The van der Waals surface area contributed by atoms with Gasteiger partial charge in [-0.2, -0.15) is 8.42 Å². The van der Waals surface area contributed by atoms with Crippen LogP contribution in [0.3, 0.4) is 0 Å². The zero-order valence-corrected chi connectivity index (χ0v) is 10.5. The second-order valence-electron chi connectivity index (χ2n) is 3.73. The van der Waals surface area contributed by atoms with E-state index < -0.39 is 38.0 Å². The van der Waals surface area contributed by atoms with Crippen LogP contribution in [0.1, 0.15) is 25.0 Å². The highest BCUT2D eigenvalue weighted by Crippen LogP contribution is 2.32. The van der Waals surface area contributed by atoms with Crippen molar-refractivity contribution in [2.75, 3.05) is 0 Å². The van der Waals surface area contributed by atoms with Crippen molar-refractivity contribution in [3.63, 3.8) is 0 Å². The fourth-order valence-corrected chi connectivity index (χ4v) is 2.33. The zero-order valence-electron chi connectivity index (χ0n) is 9.72. The molecule has 0 aliphatic rings. The summed E-state index contributed by atoms with van der Waals surface area (Å²) in [5, 5.41) is 0. The van der Waals surface area contributed by atoms with Crippen molar-refractivity contribution in [2.45, 2.75) is 25.2 Å². The SMILES string of the molecule is C=C(C)c1c(F)c(S(=O)(=O)O)c(F)c(F)c1CC. The van der Waals surface area contributed by atoms with E-state index in [1.54, 1.807) is 0 Å². The number of benzene rings is 1. The van der Waals surface area contributed by atoms with Gasteiger partial charge in [-0.05, 0) is 18.9 Å². The third-order valence-electron chi connectivity index (χ3n) is 2.42. The number of rotatable bonds is 3. The molecular formula is C11H11F3O3S. The Bertz CT molecular complexity index is 621. The second kappa shape index (κ2) is 4.74. The Morgan fingerprint density at radius 1 is 1.22 bits per heavy atom. The van der Waals surface area contributed by atoms with Gasteiger partial charge in [0, 0.05) is 11.1 Å². The Balaban J connectivity index is 3.96. The van der Waals surface area contributed by atoms with Gasteiger partial charge in [0.15, 0.2) is 22.3 Å². The van der Waals surface area contributed by atoms with E-state index >= 15 is 0 Å². The average molecular weight is 280 g/mol. The predicted molar refractivity (Wildman–Crippen MR) is 60.2 cm³/mol. The standard InChI is InChI=1S/C11H11F3O3S/c1-4-6-7(5(2)3)9(13)11(18(15,16)17)10(14)8(6)12/h2,4H2,1,3H3,(H,15,16,17). The summed E-state index contributed by atoms with van der Waals surface area (Å²) >= 11 is 0. The Morgan fingerprint density at radius 2 is 1.72 bits per heavy atom. The molecule has 0 heterocycles. The van der Waals surface area contributed by atoms with Crippen LogP contribution in [0.15, 0.2) is 11.5 Å². The predicted octanol–water partition coefficient (Wildman–Crippen LogP) is 2.95. The van der Waals surface area contributed by atoms with E-state index in [1.807, 2.05) is 0 Å². The highest BCUT2D eigenvalue weighted by Gasteiger charge is 2.31. The number of halogens is 3. The molecule has 1 N–H and O–H groups in total.